The summed E-state index contributed by atoms with van der Waals surface area (Å²) in [4.78, 5) is 17.3. The zero-order valence-electron chi connectivity index (χ0n) is 18.0. The van der Waals surface area contributed by atoms with E-state index in [1.165, 1.54) is 0 Å². The van der Waals surface area contributed by atoms with Gasteiger partial charge in [-0.1, -0.05) is 24.3 Å². The lowest BCUT2D eigenvalue weighted by Gasteiger charge is -2.09. The second kappa shape index (κ2) is 9.83. The Morgan fingerprint density at radius 1 is 0.906 bits per heavy atom. The van der Waals surface area contributed by atoms with Crippen molar-refractivity contribution in [2.45, 2.75) is 6.42 Å². The Hall–Kier alpha value is -4.06. The highest BCUT2D eigenvalue weighted by Crippen LogP contribution is 2.29. The van der Waals surface area contributed by atoms with Gasteiger partial charge < -0.3 is 19.2 Å². The zero-order chi connectivity index (χ0) is 22.3. The highest BCUT2D eigenvalue weighted by molar-refractivity contribution is 6.00. The zero-order valence-corrected chi connectivity index (χ0v) is 18.0. The van der Waals surface area contributed by atoms with Gasteiger partial charge >= 0.3 is 0 Å². The standard InChI is InChI=1S/C26H24N2O4/c1-30-20-11-7-18(8-12-20)15-16-27-25(29)22-5-3-4-6-23(22)26-28-17-24(32-26)19-9-13-21(31-2)14-10-19/h3-14,17H,15-16H2,1-2H3,(H,27,29). The van der Waals surface area contributed by atoms with Crippen molar-refractivity contribution in [2.75, 3.05) is 20.8 Å². The van der Waals surface area contributed by atoms with Crippen LogP contribution in [0.25, 0.3) is 22.8 Å². The minimum absolute atomic E-state index is 0.168. The molecule has 0 fully saturated rings. The van der Waals surface area contributed by atoms with Crippen molar-refractivity contribution in [1.82, 2.24) is 10.3 Å². The van der Waals surface area contributed by atoms with Gasteiger partial charge in [0, 0.05) is 17.7 Å². The molecule has 0 saturated heterocycles. The van der Waals surface area contributed by atoms with E-state index in [0.29, 0.717) is 29.3 Å². The van der Waals surface area contributed by atoms with E-state index in [9.17, 15) is 4.79 Å². The van der Waals surface area contributed by atoms with E-state index in [-0.39, 0.29) is 5.91 Å². The SMILES string of the molecule is COc1ccc(CCNC(=O)c2ccccc2-c2ncc(-c3ccc(OC)cc3)o2)cc1. The average molecular weight is 428 g/mol. The monoisotopic (exact) mass is 428 g/mol. The number of hydrogen-bond donors (Lipinski definition) is 1. The van der Waals surface area contributed by atoms with Crippen LogP contribution in [0.4, 0.5) is 0 Å². The first-order chi connectivity index (χ1) is 15.7. The van der Waals surface area contributed by atoms with Crippen molar-refractivity contribution < 1.29 is 18.7 Å². The van der Waals surface area contributed by atoms with Gasteiger partial charge in [0.2, 0.25) is 5.89 Å². The van der Waals surface area contributed by atoms with Crippen molar-refractivity contribution in [3.8, 4) is 34.3 Å². The van der Waals surface area contributed by atoms with Crippen LogP contribution in [0.1, 0.15) is 15.9 Å². The molecule has 3 aromatic carbocycles. The molecule has 32 heavy (non-hydrogen) atoms. The lowest BCUT2D eigenvalue weighted by molar-refractivity contribution is 0.0954. The van der Waals surface area contributed by atoms with Crippen LogP contribution in [0.2, 0.25) is 0 Å². The number of aromatic nitrogens is 1. The third-order valence-electron chi connectivity index (χ3n) is 5.14. The maximum atomic E-state index is 12.9. The van der Waals surface area contributed by atoms with Crippen LogP contribution in [0.5, 0.6) is 11.5 Å². The summed E-state index contributed by atoms with van der Waals surface area (Å²) in [6.45, 7) is 0.516. The molecule has 0 spiro atoms. The van der Waals surface area contributed by atoms with Crippen molar-refractivity contribution in [1.29, 1.82) is 0 Å². The van der Waals surface area contributed by atoms with Crippen LogP contribution in [0, 0.1) is 0 Å². The summed E-state index contributed by atoms with van der Waals surface area (Å²) >= 11 is 0. The van der Waals surface area contributed by atoms with E-state index >= 15 is 0 Å². The van der Waals surface area contributed by atoms with Gasteiger partial charge in [-0.05, 0) is 60.5 Å². The van der Waals surface area contributed by atoms with Crippen LogP contribution < -0.4 is 14.8 Å². The molecule has 1 heterocycles. The van der Waals surface area contributed by atoms with Gasteiger partial charge in [0.15, 0.2) is 5.76 Å². The Morgan fingerprint density at radius 3 is 2.25 bits per heavy atom. The Morgan fingerprint density at radius 2 is 1.56 bits per heavy atom. The Bertz CT molecular complexity index is 1180. The molecule has 0 unspecified atom stereocenters. The highest BCUT2D eigenvalue weighted by atomic mass is 16.5. The molecular weight excluding hydrogens is 404 g/mol. The Balaban J connectivity index is 1.46. The molecule has 0 atom stereocenters. The van der Waals surface area contributed by atoms with E-state index in [1.54, 1.807) is 26.5 Å². The number of nitrogens with zero attached hydrogens (tertiary/aromatic N) is 1. The van der Waals surface area contributed by atoms with Gasteiger partial charge in [-0.15, -0.1) is 0 Å². The molecule has 1 N–H and O–H groups in total. The average Bonchev–Trinajstić information content (AvgIpc) is 3.34. The third-order valence-corrected chi connectivity index (χ3v) is 5.14. The summed E-state index contributed by atoms with van der Waals surface area (Å²) in [7, 11) is 3.26. The van der Waals surface area contributed by atoms with Gasteiger partial charge in [-0.3, -0.25) is 4.79 Å². The van der Waals surface area contributed by atoms with Crippen LogP contribution in [-0.2, 0) is 6.42 Å². The van der Waals surface area contributed by atoms with E-state index < -0.39 is 0 Å². The predicted octanol–water partition coefficient (Wildman–Crippen LogP) is 5.00. The van der Waals surface area contributed by atoms with Crippen molar-refractivity contribution in [3.05, 3.63) is 90.1 Å². The molecule has 6 nitrogen and oxygen atoms in total. The minimum Gasteiger partial charge on any atom is -0.497 e. The summed E-state index contributed by atoms with van der Waals surface area (Å²) in [5, 5.41) is 2.98. The molecule has 4 rings (SSSR count). The molecule has 0 saturated carbocycles. The molecule has 0 bridgehead atoms. The summed E-state index contributed by atoms with van der Waals surface area (Å²) < 4.78 is 16.3. The number of carbonyl (C=O) groups is 1. The number of rotatable bonds is 8. The van der Waals surface area contributed by atoms with Gasteiger partial charge in [-0.2, -0.15) is 0 Å². The normalized spacial score (nSPS) is 10.6. The summed E-state index contributed by atoms with van der Waals surface area (Å²) in [5.74, 6) is 2.43. The fourth-order valence-electron chi connectivity index (χ4n) is 3.36. The summed E-state index contributed by atoms with van der Waals surface area (Å²) in [6.07, 6.45) is 2.38. The second-order valence-corrected chi connectivity index (χ2v) is 7.16. The molecular formula is C26H24N2O4. The van der Waals surface area contributed by atoms with Crippen LogP contribution in [0.15, 0.2) is 83.4 Å². The van der Waals surface area contributed by atoms with Gasteiger partial charge in [0.25, 0.3) is 5.91 Å². The molecule has 0 radical (unpaired) electrons. The molecule has 0 aliphatic heterocycles. The number of methoxy groups -OCH3 is 2. The smallest absolute Gasteiger partial charge is 0.252 e. The first-order valence-electron chi connectivity index (χ1n) is 10.3. The number of nitrogens with one attached hydrogen (secondary N) is 1. The van der Waals surface area contributed by atoms with Gasteiger partial charge in [0.05, 0.1) is 26.0 Å². The topological polar surface area (TPSA) is 73.6 Å². The molecule has 0 aliphatic carbocycles. The van der Waals surface area contributed by atoms with E-state index in [2.05, 4.69) is 10.3 Å². The van der Waals surface area contributed by atoms with Crippen LogP contribution in [0.3, 0.4) is 0 Å². The van der Waals surface area contributed by atoms with Crippen molar-refractivity contribution in [2.24, 2.45) is 0 Å². The van der Waals surface area contributed by atoms with E-state index in [4.69, 9.17) is 13.9 Å². The number of hydrogen-bond acceptors (Lipinski definition) is 5. The van der Waals surface area contributed by atoms with E-state index in [0.717, 1.165) is 29.0 Å². The maximum Gasteiger partial charge on any atom is 0.252 e. The number of amides is 1. The molecule has 4 aromatic rings. The van der Waals surface area contributed by atoms with E-state index in [1.807, 2.05) is 66.7 Å². The Labute approximate surface area is 186 Å². The minimum atomic E-state index is -0.168. The van der Waals surface area contributed by atoms with Crippen molar-refractivity contribution in [3.63, 3.8) is 0 Å². The van der Waals surface area contributed by atoms with Gasteiger partial charge in [-0.25, -0.2) is 4.98 Å². The summed E-state index contributed by atoms with van der Waals surface area (Å²) in [5.41, 5.74) is 3.17. The largest absolute Gasteiger partial charge is 0.497 e. The lowest BCUT2D eigenvalue weighted by Crippen LogP contribution is -2.26. The molecule has 0 aliphatic rings. The third kappa shape index (κ3) is 4.81. The second-order valence-electron chi connectivity index (χ2n) is 7.16. The molecule has 6 heteroatoms. The maximum absolute atomic E-state index is 12.9. The molecule has 162 valence electrons. The lowest BCUT2D eigenvalue weighted by atomic mass is 10.1. The van der Waals surface area contributed by atoms with Gasteiger partial charge in [0.1, 0.15) is 11.5 Å². The first-order valence-corrected chi connectivity index (χ1v) is 10.3. The Kier molecular flexibility index (Phi) is 6.51. The highest BCUT2D eigenvalue weighted by Gasteiger charge is 2.16. The van der Waals surface area contributed by atoms with Crippen LogP contribution in [-0.4, -0.2) is 31.7 Å². The number of benzene rings is 3. The fraction of sp³-hybridized carbons (Fsp3) is 0.154. The predicted molar refractivity (Wildman–Crippen MR) is 123 cm³/mol. The number of ether oxygens (including phenoxy) is 2. The molecule has 1 amide bonds. The molecule has 1 aromatic heterocycles. The van der Waals surface area contributed by atoms with Crippen LogP contribution >= 0.6 is 0 Å². The number of carbonyl (C=O) groups excluding carboxylic acids is 1. The number of oxazole rings is 1. The van der Waals surface area contributed by atoms with Crippen molar-refractivity contribution >= 4 is 5.91 Å². The summed E-state index contributed by atoms with van der Waals surface area (Å²) in [6, 6.07) is 22.6. The quantitative estimate of drug-likeness (QED) is 0.428. The first kappa shape index (κ1) is 21.2. The fourth-order valence-corrected chi connectivity index (χ4v) is 3.36.